The van der Waals surface area contributed by atoms with Crippen LogP contribution in [0.15, 0.2) is 29.2 Å². The summed E-state index contributed by atoms with van der Waals surface area (Å²) in [6, 6.07) is 6.30. The van der Waals surface area contributed by atoms with Crippen LogP contribution >= 0.6 is 11.6 Å². The van der Waals surface area contributed by atoms with E-state index in [1.54, 1.807) is 29.9 Å². The van der Waals surface area contributed by atoms with E-state index in [0.717, 1.165) is 23.4 Å². The van der Waals surface area contributed by atoms with E-state index in [4.69, 9.17) is 11.6 Å². The molecule has 0 saturated carbocycles. The molecule has 0 unspecified atom stereocenters. The SMILES string of the molecule is CCc1nn(C)c(C)c1CN(C)S(=O)(=O)c1cccc(Cl)c1. The van der Waals surface area contributed by atoms with Gasteiger partial charge in [-0.15, -0.1) is 0 Å². The molecule has 0 N–H and O–H groups in total. The van der Waals surface area contributed by atoms with Gasteiger partial charge >= 0.3 is 0 Å². The topological polar surface area (TPSA) is 55.2 Å². The normalized spacial score (nSPS) is 12.1. The summed E-state index contributed by atoms with van der Waals surface area (Å²) >= 11 is 5.90. The number of sulfonamides is 1. The van der Waals surface area contributed by atoms with Gasteiger partial charge in [0.1, 0.15) is 0 Å². The molecule has 0 fully saturated rings. The molecule has 0 radical (unpaired) electrons. The summed E-state index contributed by atoms with van der Waals surface area (Å²) in [6.07, 6.45) is 0.766. The van der Waals surface area contributed by atoms with Gasteiger partial charge in [0.2, 0.25) is 10.0 Å². The highest BCUT2D eigenvalue weighted by Gasteiger charge is 2.24. The second-order valence-electron chi connectivity index (χ2n) is 5.21. The Hall–Kier alpha value is -1.37. The first-order valence-corrected chi connectivity index (χ1v) is 8.82. The van der Waals surface area contributed by atoms with Crippen molar-refractivity contribution >= 4 is 21.6 Å². The number of aryl methyl sites for hydroxylation is 2. The highest BCUT2D eigenvalue weighted by molar-refractivity contribution is 7.89. The summed E-state index contributed by atoms with van der Waals surface area (Å²) < 4.78 is 28.4. The summed E-state index contributed by atoms with van der Waals surface area (Å²) in [7, 11) is -0.144. The average Bonchev–Trinajstić information content (AvgIpc) is 2.74. The van der Waals surface area contributed by atoms with Gasteiger partial charge < -0.3 is 0 Å². The van der Waals surface area contributed by atoms with Crippen molar-refractivity contribution in [2.24, 2.45) is 7.05 Å². The fraction of sp³-hybridized carbons (Fsp3) is 0.400. The zero-order valence-corrected chi connectivity index (χ0v) is 14.7. The van der Waals surface area contributed by atoms with Crippen LogP contribution < -0.4 is 0 Å². The smallest absolute Gasteiger partial charge is 0.243 e. The Morgan fingerprint density at radius 1 is 1.36 bits per heavy atom. The summed E-state index contributed by atoms with van der Waals surface area (Å²) in [4.78, 5) is 0.196. The van der Waals surface area contributed by atoms with Crippen LogP contribution in [0.3, 0.4) is 0 Å². The van der Waals surface area contributed by atoms with E-state index in [9.17, 15) is 8.42 Å². The molecule has 7 heteroatoms. The Morgan fingerprint density at radius 2 is 2.05 bits per heavy atom. The van der Waals surface area contributed by atoms with Crippen LogP contribution in [0.5, 0.6) is 0 Å². The van der Waals surface area contributed by atoms with E-state index in [-0.39, 0.29) is 11.4 Å². The lowest BCUT2D eigenvalue weighted by molar-refractivity contribution is 0.464. The summed E-state index contributed by atoms with van der Waals surface area (Å²) in [5, 5.41) is 4.83. The molecule has 0 atom stereocenters. The van der Waals surface area contributed by atoms with Crippen LogP contribution in [0, 0.1) is 6.92 Å². The van der Waals surface area contributed by atoms with Crippen molar-refractivity contribution in [3.8, 4) is 0 Å². The minimum Gasteiger partial charge on any atom is -0.272 e. The predicted octanol–water partition coefficient (Wildman–Crippen LogP) is 2.77. The lowest BCUT2D eigenvalue weighted by Gasteiger charge is -2.18. The second-order valence-corrected chi connectivity index (χ2v) is 7.69. The van der Waals surface area contributed by atoms with E-state index in [2.05, 4.69) is 5.10 Å². The minimum absolute atomic E-state index is 0.196. The van der Waals surface area contributed by atoms with Crippen LogP contribution in [0.25, 0.3) is 0 Å². The molecule has 0 aliphatic heterocycles. The third kappa shape index (κ3) is 3.19. The Bertz CT molecular complexity index is 784. The number of benzene rings is 1. The molecule has 2 aromatic rings. The molecular weight excluding hydrogens is 322 g/mol. The number of rotatable bonds is 5. The molecule has 0 amide bonds. The molecule has 0 saturated heterocycles. The number of hydrogen-bond acceptors (Lipinski definition) is 3. The molecule has 22 heavy (non-hydrogen) atoms. The molecule has 1 heterocycles. The molecule has 0 aliphatic rings. The largest absolute Gasteiger partial charge is 0.272 e. The predicted molar refractivity (Wildman–Crippen MR) is 87.4 cm³/mol. The van der Waals surface area contributed by atoms with Crippen LogP contribution in [0.1, 0.15) is 23.9 Å². The Morgan fingerprint density at radius 3 is 2.64 bits per heavy atom. The molecule has 0 aliphatic carbocycles. The fourth-order valence-electron chi connectivity index (χ4n) is 2.33. The molecule has 0 bridgehead atoms. The van der Waals surface area contributed by atoms with Gasteiger partial charge in [0.15, 0.2) is 0 Å². The molecule has 2 rings (SSSR count). The van der Waals surface area contributed by atoms with Crippen LogP contribution in [0.2, 0.25) is 5.02 Å². The van der Waals surface area contributed by atoms with Gasteiger partial charge in [-0.3, -0.25) is 4.68 Å². The lowest BCUT2D eigenvalue weighted by atomic mass is 10.1. The van der Waals surface area contributed by atoms with Crippen molar-refractivity contribution < 1.29 is 8.42 Å². The molecule has 0 spiro atoms. The maximum Gasteiger partial charge on any atom is 0.243 e. The monoisotopic (exact) mass is 341 g/mol. The van der Waals surface area contributed by atoms with Gasteiger partial charge in [-0.2, -0.15) is 9.40 Å². The maximum absolute atomic E-state index is 12.6. The van der Waals surface area contributed by atoms with Gasteiger partial charge in [0, 0.05) is 36.9 Å². The van der Waals surface area contributed by atoms with Crippen molar-refractivity contribution in [1.82, 2.24) is 14.1 Å². The van der Waals surface area contributed by atoms with Crippen LogP contribution in [0.4, 0.5) is 0 Å². The van der Waals surface area contributed by atoms with E-state index in [0.29, 0.717) is 5.02 Å². The van der Waals surface area contributed by atoms with Crippen molar-refractivity contribution in [2.75, 3.05) is 7.05 Å². The quantitative estimate of drug-likeness (QED) is 0.840. The van der Waals surface area contributed by atoms with Crippen LogP contribution in [-0.4, -0.2) is 29.6 Å². The van der Waals surface area contributed by atoms with E-state index < -0.39 is 10.0 Å². The highest BCUT2D eigenvalue weighted by atomic mass is 35.5. The zero-order valence-electron chi connectivity index (χ0n) is 13.2. The van der Waals surface area contributed by atoms with E-state index in [1.807, 2.05) is 20.9 Å². The lowest BCUT2D eigenvalue weighted by Crippen LogP contribution is -2.27. The van der Waals surface area contributed by atoms with Gasteiger partial charge in [-0.1, -0.05) is 24.6 Å². The summed E-state index contributed by atoms with van der Waals surface area (Å²) in [5.41, 5.74) is 2.86. The molecule has 1 aromatic carbocycles. The summed E-state index contributed by atoms with van der Waals surface area (Å²) in [5.74, 6) is 0. The highest BCUT2D eigenvalue weighted by Crippen LogP contribution is 2.22. The second kappa shape index (κ2) is 6.40. The zero-order chi connectivity index (χ0) is 16.5. The van der Waals surface area contributed by atoms with Crippen molar-refractivity contribution in [3.63, 3.8) is 0 Å². The van der Waals surface area contributed by atoms with Gasteiger partial charge in [0.05, 0.1) is 10.6 Å². The van der Waals surface area contributed by atoms with Crippen LogP contribution in [-0.2, 0) is 30.0 Å². The minimum atomic E-state index is -3.58. The Kier molecular flexibility index (Phi) is 4.94. The fourth-order valence-corrected chi connectivity index (χ4v) is 3.77. The van der Waals surface area contributed by atoms with E-state index in [1.165, 1.54) is 10.4 Å². The van der Waals surface area contributed by atoms with Crippen molar-refractivity contribution in [2.45, 2.75) is 31.7 Å². The van der Waals surface area contributed by atoms with Gasteiger partial charge in [-0.25, -0.2) is 8.42 Å². The van der Waals surface area contributed by atoms with Crippen molar-refractivity contribution in [3.05, 3.63) is 46.2 Å². The molecule has 1 aromatic heterocycles. The first-order valence-electron chi connectivity index (χ1n) is 7.00. The molecular formula is C15H20ClN3O2S. The third-order valence-corrected chi connectivity index (χ3v) is 5.80. The van der Waals surface area contributed by atoms with Gasteiger partial charge in [-0.05, 0) is 31.5 Å². The first kappa shape index (κ1) is 17.0. The number of aromatic nitrogens is 2. The number of nitrogens with zero attached hydrogens (tertiary/aromatic N) is 3. The number of halogens is 1. The molecule has 5 nitrogen and oxygen atoms in total. The Labute approximate surface area is 136 Å². The standard InChI is InChI=1S/C15H20ClN3O2S/c1-5-15-14(11(2)19(4)17-15)10-18(3)22(20,21)13-8-6-7-12(16)9-13/h6-9H,5,10H2,1-4H3. The number of hydrogen-bond donors (Lipinski definition) is 0. The van der Waals surface area contributed by atoms with E-state index >= 15 is 0 Å². The first-order chi connectivity index (χ1) is 10.3. The molecule has 120 valence electrons. The summed E-state index contributed by atoms with van der Waals surface area (Å²) in [6.45, 7) is 4.25. The third-order valence-electron chi connectivity index (χ3n) is 3.76. The Balaban J connectivity index is 2.34. The average molecular weight is 342 g/mol. The van der Waals surface area contributed by atoms with Crippen molar-refractivity contribution in [1.29, 1.82) is 0 Å². The maximum atomic E-state index is 12.6. The van der Waals surface area contributed by atoms with Gasteiger partial charge in [0.25, 0.3) is 0 Å².